The fourth-order valence-electron chi connectivity index (χ4n) is 4.02. The second-order valence-corrected chi connectivity index (χ2v) is 7.96. The minimum atomic E-state index is -0.297. The Morgan fingerprint density at radius 2 is 1.75 bits per heavy atom. The molecule has 3 aromatic rings. The van der Waals surface area contributed by atoms with Crippen molar-refractivity contribution in [2.75, 3.05) is 6.54 Å². The Bertz CT molecular complexity index is 1260. The van der Waals surface area contributed by atoms with Crippen LogP contribution in [0.2, 0.25) is 0 Å². The predicted molar refractivity (Wildman–Crippen MR) is 129 cm³/mol. The molecule has 1 amide bonds. The highest BCUT2D eigenvalue weighted by Crippen LogP contribution is 2.37. The molecule has 0 heterocycles. The van der Waals surface area contributed by atoms with Crippen LogP contribution in [0.3, 0.4) is 0 Å². The number of nitrogens with one attached hydrogen (secondary N) is 1. The smallest absolute Gasteiger partial charge is 0.296 e. The highest BCUT2D eigenvalue weighted by molar-refractivity contribution is 6.31. The number of allylic oxidation sites excluding steroid dienone is 2. The third kappa shape index (κ3) is 4.71. The maximum atomic E-state index is 13.2. The molecule has 0 bridgehead atoms. The molecule has 1 N–H and O–H groups in total. The zero-order valence-electron chi connectivity index (χ0n) is 18.4. The van der Waals surface area contributed by atoms with Crippen LogP contribution in [0.15, 0.2) is 72.8 Å². The van der Waals surface area contributed by atoms with Crippen molar-refractivity contribution in [3.8, 4) is 11.8 Å². The van der Waals surface area contributed by atoms with E-state index >= 15 is 0 Å². The van der Waals surface area contributed by atoms with E-state index in [0.717, 1.165) is 33.4 Å². The fraction of sp³-hybridized carbons (Fsp3) is 0.172. The van der Waals surface area contributed by atoms with Crippen LogP contribution in [0.4, 0.5) is 0 Å². The van der Waals surface area contributed by atoms with Crippen LogP contribution in [0.1, 0.15) is 40.3 Å². The summed E-state index contributed by atoms with van der Waals surface area (Å²) in [5, 5.41) is 2.67. The van der Waals surface area contributed by atoms with E-state index in [1.807, 2.05) is 43.3 Å². The maximum absolute atomic E-state index is 13.2. The molecule has 3 aromatic carbocycles. The molecule has 0 spiro atoms. The Hall–Kier alpha value is -3.90. The molecule has 0 saturated carbocycles. The van der Waals surface area contributed by atoms with Crippen molar-refractivity contribution in [2.45, 2.75) is 26.7 Å². The summed E-state index contributed by atoms with van der Waals surface area (Å²) in [6.07, 6.45) is 1.04. The molecule has 32 heavy (non-hydrogen) atoms. The number of aryl methyl sites for hydroxylation is 1. The quantitative estimate of drug-likeness (QED) is 0.490. The predicted octanol–water partition coefficient (Wildman–Crippen LogP) is 4.76. The summed E-state index contributed by atoms with van der Waals surface area (Å²) in [6, 6.07) is 24.4. The first-order chi connectivity index (χ1) is 15.5. The van der Waals surface area contributed by atoms with Gasteiger partial charge in [0.1, 0.15) is 0 Å². The van der Waals surface area contributed by atoms with Crippen LogP contribution in [0.25, 0.3) is 11.1 Å². The van der Waals surface area contributed by atoms with Gasteiger partial charge in [-0.05, 0) is 60.2 Å². The first-order valence-electron chi connectivity index (χ1n) is 10.9. The molecule has 0 aliphatic heterocycles. The lowest BCUT2D eigenvalue weighted by atomic mass is 9.90. The summed E-state index contributed by atoms with van der Waals surface area (Å²) in [5.41, 5.74) is 7.94. The maximum Gasteiger partial charge on any atom is 0.296 e. The van der Waals surface area contributed by atoms with Crippen molar-refractivity contribution in [2.24, 2.45) is 0 Å². The Morgan fingerprint density at radius 3 is 2.47 bits per heavy atom. The van der Waals surface area contributed by atoms with E-state index in [9.17, 15) is 9.59 Å². The first-order valence-corrected chi connectivity index (χ1v) is 10.9. The van der Waals surface area contributed by atoms with Gasteiger partial charge in [-0.3, -0.25) is 9.59 Å². The second kappa shape index (κ2) is 9.49. The molecule has 158 valence electrons. The van der Waals surface area contributed by atoms with E-state index in [2.05, 4.69) is 60.5 Å². The summed E-state index contributed by atoms with van der Waals surface area (Å²) in [6.45, 7) is 4.47. The summed E-state index contributed by atoms with van der Waals surface area (Å²) >= 11 is 0. The monoisotopic (exact) mass is 419 g/mol. The fourth-order valence-corrected chi connectivity index (χ4v) is 4.02. The van der Waals surface area contributed by atoms with Crippen molar-refractivity contribution < 1.29 is 9.59 Å². The normalized spacial score (nSPS) is 13.8. The molecule has 0 atom stereocenters. The van der Waals surface area contributed by atoms with E-state index < -0.39 is 0 Å². The SMILES string of the molecule is CCNC(=O)C#Cc1ccc2c(c1)CC(=O)/C2=C(\Cc1ccc(C)cc1)c1ccccc1. The molecule has 3 nitrogen and oxygen atoms in total. The summed E-state index contributed by atoms with van der Waals surface area (Å²) in [5.74, 6) is 5.34. The van der Waals surface area contributed by atoms with E-state index in [1.54, 1.807) is 0 Å². The molecule has 0 fully saturated rings. The average molecular weight is 420 g/mol. The van der Waals surface area contributed by atoms with Crippen molar-refractivity contribution in [3.63, 3.8) is 0 Å². The van der Waals surface area contributed by atoms with E-state index in [4.69, 9.17) is 0 Å². The number of benzene rings is 3. The van der Waals surface area contributed by atoms with Crippen molar-refractivity contribution in [1.29, 1.82) is 0 Å². The van der Waals surface area contributed by atoms with Crippen LogP contribution in [-0.4, -0.2) is 18.2 Å². The highest BCUT2D eigenvalue weighted by atomic mass is 16.1. The van der Waals surface area contributed by atoms with Crippen LogP contribution >= 0.6 is 0 Å². The van der Waals surface area contributed by atoms with Gasteiger partial charge in [-0.25, -0.2) is 0 Å². The summed E-state index contributed by atoms with van der Waals surface area (Å²) in [4.78, 5) is 24.8. The molecular formula is C29H25NO2. The van der Waals surface area contributed by atoms with Crippen LogP contribution in [0.5, 0.6) is 0 Å². The molecule has 3 heteroatoms. The third-order valence-corrected chi connectivity index (χ3v) is 5.59. The molecular weight excluding hydrogens is 394 g/mol. The standard InChI is InChI=1S/C29H25NO2/c1-3-30-28(32)16-14-21-13-15-25-24(17-21)19-27(31)29(25)26(23-7-5-4-6-8-23)18-22-11-9-20(2)10-12-22/h4-13,15,17H,3,18-19H2,1-2H3,(H,30,32)/b29-26+. The van der Waals surface area contributed by atoms with Gasteiger partial charge in [0.25, 0.3) is 5.91 Å². The Morgan fingerprint density at radius 1 is 1.00 bits per heavy atom. The lowest BCUT2D eigenvalue weighted by Crippen LogP contribution is -2.20. The minimum Gasteiger partial charge on any atom is -0.346 e. The number of hydrogen-bond donors (Lipinski definition) is 1. The van der Waals surface area contributed by atoms with Crippen LogP contribution < -0.4 is 5.32 Å². The van der Waals surface area contributed by atoms with Gasteiger partial charge in [-0.2, -0.15) is 0 Å². The van der Waals surface area contributed by atoms with Gasteiger partial charge in [0, 0.05) is 30.0 Å². The van der Waals surface area contributed by atoms with Gasteiger partial charge in [-0.1, -0.05) is 72.1 Å². The number of hydrogen-bond acceptors (Lipinski definition) is 2. The first kappa shape index (κ1) is 21.3. The lowest BCUT2D eigenvalue weighted by molar-refractivity contribution is -0.115. The number of fused-ring (bicyclic) bond motifs is 1. The summed E-state index contributed by atoms with van der Waals surface area (Å²) < 4.78 is 0. The number of rotatable bonds is 4. The van der Waals surface area contributed by atoms with Crippen molar-refractivity contribution >= 4 is 22.8 Å². The lowest BCUT2D eigenvalue weighted by Gasteiger charge is -2.13. The molecule has 0 unspecified atom stereocenters. The number of carbonyl (C=O) groups excluding carboxylic acids is 2. The number of carbonyl (C=O) groups is 2. The molecule has 4 rings (SSSR count). The van der Waals surface area contributed by atoms with E-state index in [0.29, 0.717) is 19.4 Å². The van der Waals surface area contributed by atoms with Crippen LogP contribution in [0, 0.1) is 18.8 Å². The van der Waals surface area contributed by atoms with Gasteiger partial charge < -0.3 is 5.32 Å². The van der Waals surface area contributed by atoms with E-state index in [1.165, 1.54) is 11.1 Å². The number of ketones is 1. The third-order valence-electron chi connectivity index (χ3n) is 5.59. The molecule has 0 radical (unpaired) electrons. The molecule has 1 aliphatic carbocycles. The largest absolute Gasteiger partial charge is 0.346 e. The number of Topliss-reactive ketones (excluding diaryl/α,β-unsaturated/α-hetero) is 1. The second-order valence-electron chi connectivity index (χ2n) is 7.96. The van der Waals surface area contributed by atoms with Gasteiger partial charge in [0.2, 0.25) is 0 Å². The molecule has 1 aliphatic rings. The van der Waals surface area contributed by atoms with Gasteiger partial charge >= 0.3 is 0 Å². The topological polar surface area (TPSA) is 46.2 Å². The highest BCUT2D eigenvalue weighted by Gasteiger charge is 2.28. The van der Waals surface area contributed by atoms with Crippen molar-refractivity contribution in [3.05, 3.63) is 106 Å². The van der Waals surface area contributed by atoms with Crippen LogP contribution in [-0.2, 0) is 22.4 Å². The zero-order valence-corrected chi connectivity index (χ0v) is 18.4. The minimum absolute atomic E-state index is 0.125. The van der Waals surface area contributed by atoms with Gasteiger partial charge in [0.05, 0.1) is 0 Å². The van der Waals surface area contributed by atoms with Gasteiger partial charge in [0.15, 0.2) is 5.78 Å². The number of amides is 1. The zero-order chi connectivity index (χ0) is 22.5. The van der Waals surface area contributed by atoms with E-state index in [-0.39, 0.29) is 11.7 Å². The Labute approximate surface area is 189 Å². The molecule has 0 aromatic heterocycles. The van der Waals surface area contributed by atoms with Crippen molar-refractivity contribution in [1.82, 2.24) is 5.32 Å². The van der Waals surface area contributed by atoms with Gasteiger partial charge in [-0.15, -0.1) is 0 Å². The molecule has 0 saturated heterocycles. The summed E-state index contributed by atoms with van der Waals surface area (Å²) in [7, 11) is 0. The Kier molecular flexibility index (Phi) is 6.33. The average Bonchev–Trinajstić information content (AvgIpc) is 3.13. The Balaban J connectivity index is 1.77.